The van der Waals surface area contributed by atoms with Crippen molar-refractivity contribution in [1.29, 1.82) is 0 Å². The van der Waals surface area contributed by atoms with Crippen molar-refractivity contribution >= 4 is 52.4 Å². The van der Waals surface area contributed by atoms with Gasteiger partial charge < -0.3 is 14.8 Å². The van der Waals surface area contributed by atoms with Crippen LogP contribution in [0.15, 0.2) is 30.3 Å². The minimum atomic E-state index is -0.709. The molecule has 0 aliphatic carbocycles. The standard InChI is InChI=1S/C17H14Cl3NO4/c1-9-3-14(15(24-2)7-13(9)20)21-16(22)8-25-17(23)10-4-11(18)6-12(19)5-10/h3-7H,8H2,1-2H3,(H,21,22). The van der Waals surface area contributed by atoms with Crippen LogP contribution in [0.5, 0.6) is 5.75 Å². The van der Waals surface area contributed by atoms with Crippen LogP contribution in [0.1, 0.15) is 15.9 Å². The van der Waals surface area contributed by atoms with Gasteiger partial charge in [-0.3, -0.25) is 4.79 Å². The van der Waals surface area contributed by atoms with Crippen LogP contribution in [-0.2, 0) is 9.53 Å². The molecule has 8 heteroatoms. The molecule has 0 aromatic heterocycles. The van der Waals surface area contributed by atoms with E-state index in [2.05, 4.69) is 5.32 Å². The van der Waals surface area contributed by atoms with E-state index >= 15 is 0 Å². The number of anilines is 1. The molecule has 0 atom stereocenters. The average Bonchev–Trinajstić information content (AvgIpc) is 2.54. The zero-order valence-electron chi connectivity index (χ0n) is 13.4. The van der Waals surface area contributed by atoms with Crippen LogP contribution >= 0.6 is 34.8 Å². The first-order chi connectivity index (χ1) is 11.8. The maximum atomic E-state index is 12.0. The van der Waals surface area contributed by atoms with Crippen LogP contribution in [0.4, 0.5) is 5.69 Å². The van der Waals surface area contributed by atoms with Gasteiger partial charge in [-0.2, -0.15) is 0 Å². The molecule has 0 bridgehead atoms. The molecule has 0 aliphatic heterocycles. The van der Waals surface area contributed by atoms with Gasteiger partial charge in [-0.25, -0.2) is 4.79 Å². The number of hydrogen-bond donors (Lipinski definition) is 1. The number of ether oxygens (including phenoxy) is 2. The van der Waals surface area contributed by atoms with E-state index in [1.165, 1.54) is 25.3 Å². The topological polar surface area (TPSA) is 64.6 Å². The molecule has 0 aliphatic rings. The lowest BCUT2D eigenvalue weighted by Gasteiger charge is -2.12. The summed E-state index contributed by atoms with van der Waals surface area (Å²) in [5.41, 5.74) is 1.35. The van der Waals surface area contributed by atoms with E-state index < -0.39 is 18.5 Å². The molecule has 2 aromatic rings. The molecule has 0 unspecified atom stereocenters. The molecule has 0 fully saturated rings. The molecule has 2 rings (SSSR count). The smallest absolute Gasteiger partial charge is 0.338 e. The number of rotatable bonds is 5. The third-order valence-corrected chi connectivity index (χ3v) is 4.03. The first-order valence-electron chi connectivity index (χ1n) is 7.07. The van der Waals surface area contributed by atoms with Gasteiger partial charge in [0.05, 0.1) is 18.4 Å². The minimum absolute atomic E-state index is 0.158. The lowest BCUT2D eigenvalue weighted by Crippen LogP contribution is -2.21. The van der Waals surface area contributed by atoms with E-state index in [-0.39, 0.29) is 5.56 Å². The summed E-state index contributed by atoms with van der Waals surface area (Å²) < 4.78 is 10.1. The number of methoxy groups -OCH3 is 1. The quantitative estimate of drug-likeness (QED) is 0.732. The van der Waals surface area contributed by atoms with Crippen molar-refractivity contribution in [1.82, 2.24) is 0 Å². The van der Waals surface area contributed by atoms with Crippen LogP contribution in [0.3, 0.4) is 0 Å². The maximum absolute atomic E-state index is 12.0. The first-order valence-corrected chi connectivity index (χ1v) is 8.20. The van der Waals surface area contributed by atoms with Crippen molar-refractivity contribution in [3.63, 3.8) is 0 Å². The fourth-order valence-corrected chi connectivity index (χ4v) is 2.68. The lowest BCUT2D eigenvalue weighted by atomic mass is 10.2. The molecular weight excluding hydrogens is 389 g/mol. The van der Waals surface area contributed by atoms with Gasteiger partial charge in [0.25, 0.3) is 5.91 Å². The predicted octanol–water partition coefficient (Wildman–Crippen LogP) is 4.76. The van der Waals surface area contributed by atoms with Crippen molar-refractivity contribution in [3.05, 3.63) is 56.5 Å². The highest BCUT2D eigenvalue weighted by molar-refractivity contribution is 6.35. The predicted molar refractivity (Wildman–Crippen MR) is 98.1 cm³/mol. The SMILES string of the molecule is COc1cc(Cl)c(C)cc1NC(=O)COC(=O)c1cc(Cl)cc(Cl)c1. The van der Waals surface area contributed by atoms with Gasteiger partial charge in [-0.15, -0.1) is 0 Å². The molecule has 1 amide bonds. The van der Waals surface area contributed by atoms with Crippen molar-refractivity contribution < 1.29 is 19.1 Å². The summed E-state index contributed by atoms with van der Waals surface area (Å²) >= 11 is 17.7. The zero-order chi connectivity index (χ0) is 18.6. The monoisotopic (exact) mass is 401 g/mol. The highest BCUT2D eigenvalue weighted by atomic mass is 35.5. The second-order valence-corrected chi connectivity index (χ2v) is 6.36. The second-order valence-electron chi connectivity index (χ2n) is 5.08. The first kappa shape index (κ1) is 19.4. The van der Waals surface area contributed by atoms with E-state index in [1.807, 2.05) is 0 Å². The van der Waals surface area contributed by atoms with Gasteiger partial charge in [0.15, 0.2) is 6.61 Å². The molecule has 25 heavy (non-hydrogen) atoms. The Morgan fingerprint density at radius 3 is 2.28 bits per heavy atom. The van der Waals surface area contributed by atoms with Gasteiger partial charge in [-0.05, 0) is 36.8 Å². The summed E-state index contributed by atoms with van der Waals surface area (Å²) in [6.45, 7) is 1.31. The van der Waals surface area contributed by atoms with E-state index in [9.17, 15) is 9.59 Å². The molecule has 2 aromatic carbocycles. The highest BCUT2D eigenvalue weighted by Crippen LogP contribution is 2.30. The van der Waals surface area contributed by atoms with Crippen molar-refractivity contribution in [2.24, 2.45) is 0 Å². The molecular formula is C17H14Cl3NO4. The number of halogens is 3. The Morgan fingerprint density at radius 2 is 1.68 bits per heavy atom. The molecule has 0 heterocycles. The number of aryl methyl sites for hydroxylation is 1. The van der Waals surface area contributed by atoms with E-state index in [4.69, 9.17) is 44.3 Å². The Hall–Kier alpha value is -1.95. The Morgan fingerprint density at radius 1 is 1.04 bits per heavy atom. The van der Waals surface area contributed by atoms with Crippen LogP contribution in [-0.4, -0.2) is 25.6 Å². The number of hydrogen-bond acceptors (Lipinski definition) is 4. The van der Waals surface area contributed by atoms with Crippen LogP contribution < -0.4 is 10.1 Å². The zero-order valence-corrected chi connectivity index (χ0v) is 15.6. The maximum Gasteiger partial charge on any atom is 0.338 e. The number of carbonyl (C=O) groups is 2. The van der Waals surface area contributed by atoms with Crippen LogP contribution in [0.25, 0.3) is 0 Å². The van der Waals surface area contributed by atoms with E-state index in [0.717, 1.165) is 5.56 Å². The summed E-state index contributed by atoms with van der Waals surface area (Å²) in [5, 5.41) is 3.71. The Kier molecular flexibility index (Phi) is 6.53. The third-order valence-electron chi connectivity index (χ3n) is 3.19. The van der Waals surface area contributed by atoms with Gasteiger partial charge in [0, 0.05) is 21.1 Å². The second kappa shape index (κ2) is 8.43. The molecule has 0 spiro atoms. The summed E-state index contributed by atoms with van der Waals surface area (Å²) in [6.07, 6.45) is 0. The number of benzene rings is 2. The number of amides is 1. The fraction of sp³-hybridized carbons (Fsp3) is 0.176. The number of esters is 1. The van der Waals surface area contributed by atoms with Gasteiger partial charge in [-0.1, -0.05) is 34.8 Å². The molecule has 1 N–H and O–H groups in total. The Bertz CT molecular complexity index is 804. The van der Waals surface area contributed by atoms with Crippen LogP contribution in [0, 0.1) is 6.92 Å². The third kappa shape index (κ3) is 5.26. The molecule has 5 nitrogen and oxygen atoms in total. The molecule has 132 valence electrons. The largest absolute Gasteiger partial charge is 0.495 e. The Balaban J connectivity index is 2.01. The summed E-state index contributed by atoms with van der Waals surface area (Å²) in [4.78, 5) is 24.0. The minimum Gasteiger partial charge on any atom is -0.495 e. The average molecular weight is 403 g/mol. The van der Waals surface area contributed by atoms with Crippen molar-refractivity contribution in [2.45, 2.75) is 6.92 Å². The molecule has 0 saturated heterocycles. The molecule has 0 radical (unpaired) electrons. The van der Waals surface area contributed by atoms with Gasteiger partial charge >= 0.3 is 5.97 Å². The van der Waals surface area contributed by atoms with Crippen LogP contribution in [0.2, 0.25) is 15.1 Å². The van der Waals surface area contributed by atoms with Gasteiger partial charge in [0.2, 0.25) is 0 Å². The lowest BCUT2D eigenvalue weighted by molar-refractivity contribution is -0.119. The summed E-state index contributed by atoms with van der Waals surface area (Å²) in [6, 6.07) is 7.55. The molecule has 0 saturated carbocycles. The number of carbonyl (C=O) groups excluding carboxylic acids is 2. The number of nitrogens with one attached hydrogen (secondary N) is 1. The normalized spacial score (nSPS) is 10.3. The summed E-state index contributed by atoms with van der Waals surface area (Å²) in [5.74, 6) is -0.836. The summed E-state index contributed by atoms with van der Waals surface area (Å²) in [7, 11) is 1.46. The highest BCUT2D eigenvalue weighted by Gasteiger charge is 2.14. The van der Waals surface area contributed by atoms with E-state index in [0.29, 0.717) is 26.5 Å². The van der Waals surface area contributed by atoms with Crippen molar-refractivity contribution in [2.75, 3.05) is 19.0 Å². The van der Waals surface area contributed by atoms with Gasteiger partial charge in [0.1, 0.15) is 5.75 Å². The van der Waals surface area contributed by atoms with Crippen molar-refractivity contribution in [3.8, 4) is 5.75 Å². The fourth-order valence-electron chi connectivity index (χ4n) is 2.00. The Labute approximate surface area is 159 Å². The van der Waals surface area contributed by atoms with E-state index in [1.54, 1.807) is 19.1 Å².